The predicted molar refractivity (Wildman–Crippen MR) is 51.7 cm³/mol. The van der Waals surface area contributed by atoms with E-state index in [0.29, 0.717) is 0 Å². The van der Waals surface area contributed by atoms with Crippen LogP contribution in [0.15, 0.2) is 6.20 Å². The van der Waals surface area contributed by atoms with Gasteiger partial charge in [-0.1, -0.05) is 5.21 Å². The topological polar surface area (TPSA) is 66.0 Å². The first-order valence-corrected chi connectivity index (χ1v) is 4.86. The van der Waals surface area contributed by atoms with Crippen LogP contribution in [0.4, 0.5) is 0 Å². The van der Waals surface area contributed by atoms with Gasteiger partial charge in [-0.05, 0) is 13.3 Å². The molecule has 1 aliphatic heterocycles. The minimum absolute atomic E-state index is 0.101. The summed E-state index contributed by atoms with van der Waals surface area (Å²) in [5.41, 5.74) is 6.91. The molecule has 0 radical (unpaired) electrons. The maximum Gasteiger partial charge on any atom is 0.0846 e. The van der Waals surface area contributed by atoms with Crippen LogP contribution in [0.1, 0.15) is 19.0 Å². The summed E-state index contributed by atoms with van der Waals surface area (Å²) in [5.74, 6) is 0. The third-order valence-corrected chi connectivity index (χ3v) is 2.91. The molecule has 0 bridgehead atoms. The van der Waals surface area contributed by atoms with E-state index in [0.717, 1.165) is 25.1 Å². The smallest absolute Gasteiger partial charge is 0.0846 e. The standard InChI is InChI=1S/C9H16N4O/c1-7-9(10,3-4-14-7)5-8-6-13(2)12-11-8/h6-7H,3-5,10H2,1-2H3. The summed E-state index contributed by atoms with van der Waals surface area (Å²) in [7, 11) is 1.86. The molecule has 78 valence electrons. The van der Waals surface area contributed by atoms with Crippen LogP contribution in [-0.2, 0) is 18.2 Å². The van der Waals surface area contributed by atoms with Gasteiger partial charge in [0, 0.05) is 31.8 Å². The van der Waals surface area contributed by atoms with Crippen molar-refractivity contribution >= 4 is 0 Å². The molecule has 0 amide bonds. The van der Waals surface area contributed by atoms with E-state index in [4.69, 9.17) is 10.5 Å². The fraction of sp³-hybridized carbons (Fsp3) is 0.778. The lowest BCUT2D eigenvalue weighted by Crippen LogP contribution is -2.48. The maximum atomic E-state index is 6.24. The van der Waals surface area contributed by atoms with Crippen molar-refractivity contribution in [3.63, 3.8) is 0 Å². The van der Waals surface area contributed by atoms with E-state index in [1.54, 1.807) is 4.68 Å². The van der Waals surface area contributed by atoms with Gasteiger partial charge in [-0.15, -0.1) is 5.10 Å². The van der Waals surface area contributed by atoms with Crippen LogP contribution >= 0.6 is 0 Å². The van der Waals surface area contributed by atoms with Gasteiger partial charge in [0.15, 0.2) is 0 Å². The second kappa shape index (κ2) is 3.33. The molecular weight excluding hydrogens is 180 g/mol. The number of aryl methyl sites for hydroxylation is 1. The highest BCUT2D eigenvalue weighted by atomic mass is 16.5. The van der Waals surface area contributed by atoms with Crippen LogP contribution in [0, 0.1) is 0 Å². The monoisotopic (exact) mass is 196 g/mol. The highest BCUT2D eigenvalue weighted by molar-refractivity contribution is 5.06. The Hall–Kier alpha value is -0.940. The maximum absolute atomic E-state index is 6.24. The van der Waals surface area contributed by atoms with Gasteiger partial charge < -0.3 is 10.5 Å². The number of ether oxygens (including phenoxy) is 1. The van der Waals surface area contributed by atoms with Crippen molar-refractivity contribution < 1.29 is 4.74 Å². The Bertz CT molecular complexity index is 324. The van der Waals surface area contributed by atoms with E-state index in [1.807, 2.05) is 20.2 Å². The molecule has 0 saturated carbocycles. The number of nitrogens with zero attached hydrogens (tertiary/aromatic N) is 3. The molecule has 0 spiro atoms. The van der Waals surface area contributed by atoms with Crippen LogP contribution in [-0.4, -0.2) is 33.2 Å². The van der Waals surface area contributed by atoms with E-state index < -0.39 is 0 Å². The quantitative estimate of drug-likeness (QED) is 0.715. The van der Waals surface area contributed by atoms with Gasteiger partial charge in [-0.3, -0.25) is 4.68 Å². The molecule has 1 fully saturated rings. The Kier molecular flexibility index (Phi) is 2.28. The zero-order valence-electron chi connectivity index (χ0n) is 8.60. The van der Waals surface area contributed by atoms with Crippen molar-refractivity contribution in [1.29, 1.82) is 0 Å². The normalized spacial score (nSPS) is 32.4. The van der Waals surface area contributed by atoms with Crippen molar-refractivity contribution in [2.24, 2.45) is 12.8 Å². The number of rotatable bonds is 2. The van der Waals surface area contributed by atoms with E-state index >= 15 is 0 Å². The molecule has 1 aromatic rings. The average Bonchev–Trinajstić information content (AvgIpc) is 2.62. The van der Waals surface area contributed by atoms with E-state index in [2.05, 4.69) is 10.3 Å². The van der Waals surface area contributed by atoms with Crippen molar-refractivity contribution in [3.8, 4) is 0 Å². The summed E-state index contributed by atoms with van der Waals surface area (Å²) in [5, 5.41) is 7.92. The van der Waals surface area contributed by atoms with Gasteiger partial charge in [0.1, 0.15) is 0 Å². The Labute approximate surface area is 83.2 Å². The van der Waals surface area contributed by atoms with Gasteiger partial charge in [0.25, 0.3) is 0 Å². The second-order valence-electron chi connectivity index (χ2n) is 4.06. The Balaban J connectivity index is 2.10. The van der Waals surface area contributed by atoms with Crippen molar-refractivity contribution in [1.82, 2.24) is 15.0 Å². The van der Waals surface area contributed by atoms with Crippen molar-refractivity contribution in [2.45, 2.75) is 31.4 Å². The fourth-order valence-electron chi connectivity index (χ4n) is 1.84. The molecule has 1 saturated heterocycles. The molecule has 0 aliphatic carbocycles. The van der Waals surface area contributed by atoms with Crippen molar-refractivity contribution in [2.75, 3.05) is 6.61 Å². The van der Waals surface area contributed by atoms with Crippen LogP contribution in [0.25, 0.3) is 0 Å². The molecule has 2 N–H and O–H groups in total. The van der Waals surface area contributed by atoms with E-state index in [1.165, 1.54) is 0 Å². The molecule has 14 heavy (non-hydrogen) atoms. The summed E-state index contributed by atoms with van der Waals surface area (Å²) in [6, 6.07) is 0. The lowest BCUT2D eigenvalue weighted by atomic mass is 9.88. The molecule has 2 unspecified atom stereocenters. The summed E-state index contributed by atoms with van der Waals surface area (Å²) >= 11 is 0. The van der Waals surface area contributed by atoms with Crippen LogP contribution in [0.2, 0.25) is 0 Å². The predicted octanol–water partition coefficient (Wildman–Crippen LogP) is -0.136. The molecule has 2 rings (SSSR count). The molecule has 2 atom stereocenters. The SMILES string of the molecule is CC1OCCC1(N)Cc1cn(C)nn1. The molecule has 1 aliphatic rings. The van der Waals surface area contributed by atoms with Gasteiger partial charge in [0.2, 0.25) is 0 Å². The summed E-state index contributed by atoms with van der Waals surface area (Å²) < 4.78 is 7.16. The zero-order chi connectivity index (χ0) is 10.2. The van der Waals surface area contributed by atoms with Gasteiger partial charge in [-0.2, -0.15) is 0 Å². The first-order valence-electron chi connectivity index (χ1n) is 4.86. The number of hydrogen-bond donors (Lipinski definition) is 1. The van der Waals surface area contributed by atoms with E-state index in [9.17, 15) is 0 Å². The third-order valence-electron chi connectivity index (χ3n) is 2.91. The first kappa shape index (κ1) is 9.61. The highest BCUT2D eigenvalue weighted by Crippen LogP contribution is 2.26. The number of nitrogens with two attached hydrogens (primary N) is 1. The molecular formula is C9H16N4O. The largest absolute Gasteiger partial charge is 0.377 e. The van der Waals surface area contributed by atoms with Crippen LogP contribution < -0.4 is 5.73 Å². The Morgan fingerprint density at radius 3 is 3.07 bits per heavy atom. The van der Waals surface area contributed by atoms with Gasteiger partial charge in [-0.25, -0.2) is 0 Å². The lowest BCUT2D eigenvalue weighted by molar-refractivity contribution is 0.0952. The van der Waals surface area contributed by atoms with Crippen LogP contribution in [0.5, 0.6) is 0 Å². The Morgan fingerprint density at radius 2 is 2.57 bits per heavy atom. The molecule has 5 heteroatoms. The highest BCUT2D eigenvalue weighted by Gasteiger charge is 2.38. The summed E-state index contributed by atoms with van der Waals surface area (Å²) in [4.78, 5) is 0. The molecule has 5 nitrogen and oxygen atoms in total. The number of aromatic nitrogens is 3. The minimum atomic E-state index is -0.268. The third kappa shape index (κ3) is 1.65. The minimum Gasteiger partial charge on any atom is -0.377 e. The van der Waals surface area contributed by atoms with Crippen LogP contribution in [0.3, 0.4) is 0 Å². The fourth-order valence-corrected chi connectivity index (χ4v) is 1.84. The second-order valence-corrected chi connectivity index (χ2v) is 4.06. The summed E-state index contributed by atoms with van der Waals surface area (Å²) in [6.07, 6.45) is 3.64. The molecule has 0 aromatic carbocycles. The summed E-state index contributed by atoms with van der Waals surface area (Å²) in [6.45, 7) is 2.77. The van der Waals surface area contributed by atoms with Crippen molar-refractivity contribution in [3.05, 3.63) is 11.9 Å². The lowest BCUT2D eigenvalue weighted by Gasteiger charge is -2.26. The van der Waals surface area contributed by atoms with Gasteiger partial charge in [0.05, 0.1) is 11.8 Å². The number of hydrogen-bond acceptors (Lipinski definition) is 4. The van der Waals surface area contributed by atoms with Gasteiger partial charge >= 0.3 is 0 Å². The van der Waals surface area contributed by atoms with E-state index in [-0.39, 0.29) is 11.6 Å². The zero-order valence-corrected chi connectivity index (χ0v) is 8.60. The first-order chi connectivity index (χ1) is 6.60. The Morgan fingerprint density at radius 1 is 1.79 bits per heavy atom. The molecule has 1 aromatic heterocycles. The molecule has 2 heterocycles. The average molecular weight is 196 g/mol.